The summed E-state index contributed by atoms with van der Waals surface area (Å²) in [6.07, 6.45) is 15.9. The Labute approximate surface area is 217 Å². The van der Waals surface area contributed by atoms with E-state index in [0.717, 1.165) is 41.9 Å². The molecule has 1 N–H and O–H groups in total. The van der Waals surface area contributed by atoms with Crippen LogP contribution in [0.1, 0.15) is 77.2 Å². The number of ether oxygens (including phenoxy) is 2. The molecule has 0 radical (unpaired) electrons. The van der Waals surface area contributed by atoms with Gasteiger partial charge < -0.3 is 19.5 Å². The molecule has 4 nitrogen and oxygen atoms in total. The maximum atomic E-state index is 11.6. The molecule has 0 amide bonds. The number of rotatable bonds is 4. The van der Waals surface area contributed by atoms with Crippen LogP contribution < -0.4 is 9.47 Å². The summed E-state index contributed by atoms with van der Waals surface area (Å²) in [7, 11) is 3.35. The predicted octanol–water partition coefficient (Wildman–Crippen LogP) is 6.49. The van der Waals surface area contributed by atoms with Crippen LogP contribution in [-0.2, 0) is 0 Å². The number of aliphatic hydroxyl groups excluding tert-OH is 1. The number of allylic oxidation sites excluding steroid dienone is 1. The smallest absolute Gasteiger partial charge is 0.161 e. The fraction of sp³-hybridized carbons (Fsp3) is 0.688. The molecule has 0 aromatic heterocycles. The normalized spacial score (nSPS) is 41.4. The second-order valence-electron chi connectivity index (χ2n) is 12.9. The summed E-state index contributed by atoms with van der Waals surface area (Å²) >= 11 is 0. The number of nitrogens with zero attached hydrogens (tertiary/aromatic N) is 1. The van der Waals surface area contributed by atoms with Crippen molar-refractivity contribution in [3.05, 3.63) is 41.0 Å². The van der Waals surface area contributed by atoms with Crippen molar-refractivity contribution in [2.75, 3.05) is 27.3 Å². The summed E-state index contributed by atoms with van der Waals surface area (Å²) in [5.41, 5.74) is 4.40. The fourth-order valence-electron chi connectivity index (χ4n) is 9.22. The van der Waals surface area contributed by atoms with Gasteiger partial charge in [-0.05, 0) is 117 Å². The second kappa shape index (κ2) is 9.20. The third-order valence-electron chi connectivity index (χ3n) is 11.4. The first-order valence-electron chi connectivity index (χ1n) is 14.4. The van der Waals surface area contributed by atoms with Crippen molar-refractivity contribution in [2.24, 2.45) is 28.6 Å². The Kier molecular flexibility index (Phi) is 6.28. The highest BCUT2D eigenvalue weighted by molar-refractivity contribution is 5.60. The zero-order chi connectivity index (χ0) is 25.1. The SMILES string of the molecule is COc1ccc(C=C2CC3C4CC=C5C[C@@H](N6CCCC6)CC[C@]5(C)C4CC[C@]3(C)[C@H]2O)cc1OC. The number of likely N-dealkylation sites (tertiary alicyclic amines) is 1. The first-order valence-corrected chi connectivity index (χ1v) is 14.4. The lowest BCUT2D eigenvalue weighted by molar-refractivity contribution is -0.0662. The van der Waals surface area contributed by atoms with Gasteiger partial charge in [0.1, 0.15) is 0 Å². The molecule has 0 bridgehead atoms. The highest BCUT2D eigenvalue weighted by Crippen LogP contribution is 2.66. The van der Waals surface area contributed by atoms with E-state index in [2.05, 4.69) is 37.0 Å². The number of aliphatic hydroxyl groups is 1. The van der Waals surface area contributed by atoms with E-state index in [1.54, 1.807) is 19.8 Å². The van der Waals surface area contributed by atoms with Crippen molar-refractivity contribution in [1.82, 2.24) is 4.90 Å². The minimum Gasteiger partial charge on any atom is -0.493 e. The highest BCUT2D eigenvalue weighted by atomic mass is 16.5. The Morgan fingerprint density at radius 2 is 1.75 bits per heavy atom. The molecule has 1 heterocycles. The van der Waals surface area contributed by atoms with Gasteiger partial charge in [0.25, 0.3) is 0 Å². The number of benzene rings is 1. The molecular formula is C32H45NO3. The average molecular weight is 492 g/mol. The van der Waals surface area contributed by atoms with Gasteiger partial charge in [-0.2, -0.15) is 0 Å². The molecule has 3 unspecified atom stereocenters. The maximum absolute atomic E-state index is 11.6. The van der Waals surface area contributed by atoms with E-state index in [1.807, 2.05) is 12.1 Å². The molecule has 36 heavy (non-hydrogen) atoms. The van der Waals surface area contributed by atoms with Gasteiger partial charge >= 0.3 is 0 Å². The van der Waals surface area contributed by atoms with Crippen LogP contribution in [0.25, 0.3) is 6.08 Å². The van der Waals surface area contributed by atoms with Crippen molar-refractivity contribution < 1.29 is 14.6 Å². The van der Waals surface area contributed by atoms with E-state index in [4.69, 9.17) is 9.47 Å². The van der Waals surface area contributed by atoms with Gasteiger partial charge in [-0.3, -0.25) is 0 Å². The monoisotopic (exact) mass is 491 g/mol. The van der Waals surface area contributed by atoms with E-state index in [0.29, 0.717) is 17.3 Å². The molecule has 5 aliphatic rings. The molecule has 4 heteroatoms. The summed E-state index contributed by atoms with van der Waals surface area (Å²) in [6.45, 7) is 7.60. The molecule has 1 aromatic rings. The van der Waals surface area contributed by atoms with Crippen LogP contribution in [0.3, 0.4) is 0 Å². The quantitative estimate of drug-likeness (QED) is 0.489. The van der Waals surface area contributed by atoms with Gasteiger partial charge in [0, 0.05) is 11.5 Å². The average Bonchev–Trinajstić information content (AvgIpc) is 3.51. The van der Waals surface area contributed by atoms with E-state index < -0.39 is 0 Å². The topological polar surface area (TPSA) is 41.9 Å². The molecule has 3 saturated carbocycles. The van der Waals surface area contributed by atoms with Crippen LogP contribution in [0.2, 0.25) is 0 Å². The van der Waals surface area contributed by atoms with Crippen LogP contribution in [0.5, 0.6) is 11.5 Å². The van der Waals surface area contributed by atoms with Gasteiger partial charge in [0.05, 0.1) is 20.3 Å². The Balaban J connectivity index is 1.25. The summed E-state index contributed by atoms with van der Waals surface area (Å²) < 4.78 is 10.9. The number of methoxy groups -OCH3 is 2. The molecule has 7 atom stereocenters. The lowest BCUT2D eigenvalue weighted by atomic mass is 9.48. The zero-order valence-corrected chi connectivity index (χ0v) is 22.8. The fourth-order valence-corrected chi connectivity index (χ4v) is 9.22. The number of fused-ring (bicyclic) bond motifs is 5. The second-order valence-corrected chi connectivity index (χ2v) is 12.9. The minimum absolute atomic E-state index is 0.0159. The van der Waals surface area contributed by atoms with E-state index in [9.17, 15) is 5.11 Å². The first-order chi connectivity index (χ1) is 17.4. The first kappa shape index (κ1) is 24.6. The van der Waals surface area contributed by atoms with Crippen LogP contribution in [0.4, 0.5) is 0 Å². The van der Waals surface area contributed by atoms with Crippen molar-refractivity contribution in [3.8, 4) is 11.5 Å². The van der Waals surface area contributed by atoms with Gasteiger partial charge in [-0.15, -0.1) is 0 Å². The van der Waals surface area contributed by atoms with Gasteiger partial charge in [0.2, 0.25) is 0 Å². The summed E-state index contributed by atoms with van der Waals surface area (Å²) in [6, 6.07) is 6.84. The minimum atomic E-state index is -0.361. The molecule has 6 rings (SSSR count). The van der Waals surface area contributed by atoms with Gasteiger partial charge in [0.15, 0.2) is 11.5 Å². The Bertz CT molecular complexity index is 1060. The summed E-state index contributed by atoms with van der Waals surface area (Å²) in [5.74, 6) is 3.50. The van der Waals surface area contributed by atoms with Crippen LogP contribution in [-0.4, -0.2) is 49.5 Å². The van der Waals surface area contributed by atoms with E-state index in [-0.39, 0.29) is 11.5 Å². The van der Waals surface area contributed by atoms with Crippen molar-refractivity contribution in [3.63, 3.8) is 0 Å². The van der Waals surface area contributed by atoms with Gasteiger partial charge in [-0.1, -0.05) is 37.6 Å². The lowest BCUT2D eigenvalue weighted by Crippen LogP contribution is -2.52. The summed E-state index contributed by atoms with van der Waals surface area (Å²) in [5, 5.41) is 11.6. The summed E-state index contributed by atoms with van der Waals surface area (Å²) in [4.78, 5) is 2.78. The van der Waals surface area contributed by atoms with E-state index >= 15 is 0 Å². The molecule has 4 aliphatic carbocycles. The highest BCUT2D eigenvalue weighted by Gasteiger charge is 2.59. The molecular weight excluding hydrogens is 446 g/mol. The third-order valence-corrected chi connectivity index (χ3v) is 11.4. The Morgan fingerprint density at radius 3 is 2.50 bits per heavy atom. The van der Waals surface area contributed by atoms with Crippen LogP contribution in [0, 0.1) is 28.6 Å². The van der Waals surface area contributed by atoms with Crippen molar-refractivity contribution in [2.45, 2.75) is 83.8 Å². The Hall–Kier alpha value is -1.78. The number of hydrogen-bond donors (Lipinski definition) is 1. The zero-order valence-electron chi connectivity index (χ0n) is 22.8. The predicted molar refractivity (Wildman–Crippen MR) is 145 cm³/mol. The molecule has 1 aromatic carbocycles. The van der Waals surface area contributed by atoms with Crippen molar-refractivity contribution in [1.29, 1.82) is 0 Å². The molecule has 4 fully saturated rings. The molecule has 1 aliphatic heterocycles. The Morgan fingerprint density at radius 1 is 0.972 bits per heavy atom. The lowest BCUT2D eigenvalue weighted by Gasteiger charge is -2.58. The van der Waals surface area contributed by atoms with Gasteiger partial charge in [-0.25, -0.2) is 0 Å². The molecule has 0 spiro atoms. The standard InChI is InChI=1S/C32H45NO3/c1-31-13-11-24(33-15-5-6-16-33)20-23(31)8-9-25-26(31)12-14-32(2)27(25)19-22(30(32)34)17-21-7-10-28(35-3)29(18-21)36-4/h7-8,10,17-18,24-27,30,34H,5-6,9,11-16,19-20H2,1-4H3/t24-,25?,26?,27?,30-,31-,32-/m0/s1. The number of hydrogen-bond acceptors (Lipinski definition) is 4. The molecule has 1 saturated heterocycles. The third kappa shape index (κ3) is 3.77. The van der Waals surface area contributed by atoms with Crippen molar-refractivity contribution >= 4 is 6.08 Å². The van der Waals surface area contributed by atoms with E-state index in [1.165, 1.54) is 63.6 Å². The largest absolute Gasteiger partial charge is 0.493 e. The van der Waals surface area contributed by atoms with Crippen LogP contribution >= 0.6 is 0 Å². The molecule has 196 valence electrons. The van der Waals surface area contributed by atoms with Crippen LogP contribution in [0.15, 0.2) is 35.4 Å². The maximum Gasteiger partial charge on any atom is 0.161 e.